The number of hydrogen-bond acceptors (Lipinski definition) is 3. The number of halogens is 4. The lowest BCUT2D eigenvalue weighted by atomic mass is 10.4. The summed E-state index contributed by atoms with van der Waals surface area (Å²) in [6.45, 7) is 0.195. The van der Waals surface area contributed by atoms with Crippen LogP contribution in [0.5, 0.6) is 5.75 Å². The van der Waals surface area contributed by atoms with Crippen LogP contribution in [0, 0.1) is 0 Å². The summed E-state index contributed by atoms with van der Waals surface area (Å²) in [5, 5.41) is 3.47. The molecule has 15 heavy (non-hydrogen) atoms. The molecule has 0 unspecified atom stereocenters. The molecule has 88 valence electrons. The maximum Gasteiger partial charge on any atom is 0.436 e. The van der Waals surface area contributed by atoms with E-state index in [-0.39, 0.29) is 31.3 Å². The van der Waals surface area contributed by atoms with Gasteiger partial charge in [0.25, 0.3) is 0 Å². The van der Waals surface area contributed by atoms with Gasteiger partial charge in [0.15, 0.2) is 11.4 Å². The van der Waals surface area contributed by atoms with E-state index in [9.17, 15) is 13.2 Å². The number of nitrogens with two attached hydrogens (primary N) is 1. The molecule has 0 bridgehead atoms. The van der Waals surface area contributed by atoms with Crippen molar-refractivity contribution < 1.29 is 17.9 Å². The van der Waals surface area contributed by atoms with Crippen LogP contribution in [0.15, 0.2) is 6.20 Å². The van der Waals surface area contributed by atoms with Gasteiger partial charge in [0.05, 0.1) is 6.20 Å². The van der Waals surface area contributed by atoms with E-state index in [1.54, 1.807) is 0 Å². The zero-order valence-corrected chi connectivity index (χ0v) is 8.73. The molecule has 0 aliphatic heterocycles. The maximum atomic E-state index is 12.4. The Morgan fingerprint density at radius 1 is 1.53 bits per heavy atom. The third kappa shape index (κ3) is 3.28. The molecule has 1 rings (SSSR count). The van der Waals surface area contributed by atoms with Gasteiger partial charge < -0.3 is 10.5 Å². The van der Waals surface area contributed by atoms with Crippen LogP contribution in [0.2, 0.25) is 0 Å². The van der Waals surface area contributed by atoms with Crippen LogP contribution in [-0.2, 0) is 13.2 Å². The minimum absolute atomic E-state index is 0. The lowest BCUT2D eigenvalue weighted by molar-refractivity contribution is -0.145. The molecule has 0 aliphatic rings. The molecule has 0 atom stereocenters. The van der Waals surface area contributed by atoms with Crippen molar-refractivity contribution in [3.05, 3.63) is 11.9 Å². The molecule has 0 saturated carbocycles. The first kappa shape index (κ1) is 14.1. The molecular weight excluding hydrogens is 235 g/mol. The first-order chi connectivity index (χ1) is 6.46. The zero-order chi connectivity index (χ0) is 10.8. The number of ether oxygens (including phenoxy) is 1. The van der Waals surface area contributed by atoms with Crippen LogP contribution in [-0.4, -0.2) is 22.9 Å². The molecular formula is C7H11ClF3N3O. The van der Waals surface area contributed by atoms with E-state index in [1.807, 2.05) is 0 Å². The van der Waals surface area contributed by atoms with E-state index in [0.29, 0.717) is 0 Å². The van der Waals surface area contributed by atoms with Crippen molar-refractivity contribution in [2.45, 2.75) is 6.18 Å². The highest BCUT2D eigenvalue weighted by molar-refractivity contribution is 5.85. The monoisotopic (exact) mass is 245 g/mol. The molecule has 0 fully saturated rings. The van der Waals surface area contributed by atoms with Crippen molar-refractivity contribution >= 4 is 12.4 Å². The van der Waals surface area contributed by atoms with E-state index in [1.165, 1.54) is 7.05 Å². The highest BCUT2D eigenvalue weighted by atomic mass is 35.5. The second kappa shape index (κ2) is 5.22. The van der Waals surface area contributed by atoms with Crippen LogP contribution in [0.4, 0.5) is 13.2 Å². The van der Waals surface area contributed by atoms with Crippen LogP contribution >= 0.6 is 12.4 Å². The standard InChI is InChI=1S/C7H10F3N3O.ClH/c1-13-6(7(8,9)10)5(4-12-13)14-3-2-11;/h4H,2-3,11H2,1H3;1H. The van der Waals surface area contributed by atoms with E-state index in [4.69, 9.17) is 10.5 Å². The van der Waals surface area contributed by atoms with Gasteiger partial charge in [-0.2, -0.15) is 18.3 Å². The SMILES string of the molecule is Cl.Cn1ncc(OCCN)c1C(F)(F)F. The Bertz CT molecular complexity index is 313. The molecule has 0 amide bonds. The summed E-state index contributed by atoms with van der Waals surface area (Å²) in [4.78, 5) is 0. The molecule has 0 saturated heterocycles. The lowest BCUT2D eigenvalue weighted by Crippen LogP contribution is -2.16. The summed E-state index contributed by atoms with van der Waals surface area (Å²) in [6.07, 6.45) is -3.44. The van der Waals surface area contributed by atoms with Crippen molar-refractivity contribution in [3.63, 3.8) is 0 Å². The van der Waals surface area contributed by atoms with Crippen molar-refractivity contribution in [1.29, 1.82) is 0 Å². The van der Waals surface area contributed by atoms with Gasteiger partial charge in [0, 0.05) is 13.6 Å². The number of hydrogen-bond donors (Lipinski definition) is 1. The largest absolute Gasteiger partial charge is 0.488 e. The number of aryl methyl sites for hydroxylation is 1. The average molecular weight is 246 g/mol. The summed E-state index contributed by atoms with van der Waals surface area (Å²) in [5.74, 6) is -0.287. The van der Waals surface area contributed by atoms with E-state index >= 15 is 0 Å². The molecule has 0 aromatic carbocycles. The highest BCUT2D eigenvalue weighted by Gasteiger charge is 2.38. The Labute approximate surface area is 90.6 Å². The molecule has 0 radical (unpaired) electrons. The normalized spacial score (nSPS) is 11.0. The summed E-state index contributed by atoms with van der Waals surface area (Å²) < 4.78 is 42.7. The minimum Gasteiger partial charge on any atom is -0.488 e. The summed E-state index contributed by atoms with van der Waals surface area (Å²) in [6, 6.07) is 0. The Balaban J connectivity index is 0.00000196. The predicted molar refractivity (Wildman–Crippen MR) is 50.0 cm³/mol. The van der Waals surface area contributed by atoms with Crippen LogP contribution in [0.1, 0.15) is 5.69 Å². The molecule has 0 aliphatic carbocycles. The number of rotatable bonds is 3. The highest BCUT2D eigenvalue weighted by Crippen LogP contribution is 2.35. The van der Waals surface area contributed by atoms with E-state index < -0.39 is 11.9 Å². The molecule has 1 aromatic heterocycles. The van der Waals surface area contributed by atoms with Crippen LogP contribution in [0.3, 0.4) is 0 Å². The van der Waals surface area contributed by atoms with Crippen molar-refractivity contribution in [2.24, 2.45) is 12.8 Å². The van der Waals surface area contributed by atoms with Gasteiger partial charge in [-0.25, -0.2) is 0 Å². The molecule has 1 aromatic rings. The fraction of sp³-hybridized carbons (Fsp3) is 0.571. The molecule has 1 heterocycles. The van der Waals surface area contributed by atoms with Crippen molar-refractivity contribution in [1.82, 2.24) is 9.78 Å². The zero-order valence-electron chi connectivity index (χ0n) is 7.91. The molecule has 4 nitrogen and oxygen atoms in total. The van der Waals surface area contributed by atoms with Gasteiger partial charge in [-0.05, 0) is 0 Å². The van der Waals surface area contributed by atoms with Gasteiger partial charge in [-0.15, -0.1) is 12.4 Å². The molecule has 2 N–H and O–H groups in total. The third-order valence-electron chi connectivity index (χ3n) is 1.55. The van der Waals surface area contributed by atoms with Crippen LogP contribution in [0.25, 0.3) is 0 Å². The third-order valence-corrected chi connectivity index (χ3v) is 1.55. The second-order valence-corrected chi connectivity index (χ2v) is 2.62. The fourth-order valence-electron chi connectivity index (χ4n) is 1.02. The predicted octanol–water partition coefficient (Wildman–Crippen LogP) is 1.20. The first-order valence-corrected chi connectivity index (χ1v) is 3.89. The summed E-state index contributed by atoms with van der Waals surface area (Å²) in [5.41, 5.74) is 4.21. The van der Waals surface area contributed by atoms with Gasteiger partial charge >= 0.3 is 6.18 Å². The summed E-state index contributed by atoms with van der Waals surface area (Å²) in [7, 11) is 1.21. The molecule has 8 heteroatoms. The number of alkyl halides is 3. The Kier molecular flexibility index (Phi) is 4.89. The average Bonchev–Trinajstić information content (AvgIpc) is 2.42. The molecule has 0 spiro atoms. The topological polar surface area (TPSA) is 53.1 Å². The Hall–Kier alpha value is -0.950. The van der Waals surface area contributed by atoms with E-state index in [0.717, 1.165) is 10.9 Å². The first-order valence-electron chi connectivity index (χ1n) is 3.89. The minimum atomic E-state index is -4.46. The second-order valence-electron chi connectivity index (χ2n) is 2.62. The summed E-state index contributed by atoms with van der Waals surface area (Å²) >= 11 is 0. The number of aromatic nitrogens is 2. The maximum absolute atomic E-state index is 12.4. The van der Waals surface area contributed by atoms with Crippen molar-refractivity contribution in [3.8, 4) is 5.75 Å². The Morgan fingerprint density at radius 3 is 2.60 bits per heavy atom. The van der Waals surface area contributed by atoms with Gasteiger partial charge in [-0.3, -0.25) is 4.68 Å². The van der Waals surface area contributed by atoms with Crippen LogP contribution < -0.4 is 10.5 Å². The van der Waals surface area contributed by atoms with Crippen molar-refractivity contribution in [2.75, 3.05) is 13.2 Å². The fourth-order valence-corrected chi connectivity index (χ4v) is 1.02. The quantitative estimate of drug-likeness (QED) is 0.871. The van der Waals surface area contributed by atoms with E-state index in [2.05, 4.69) is 5.10 Å². The number of nitrogens with zero attached hydrogens (tertiary/aromatic N) is 2. The Morgan fingerprint density at radius 2 is 2.13 bits per heavy atom. The van der Waals surface area contributed by atoms with Gasteiger partial charge in [-0.1, -0.05) is 0 Å². The smallest absolute Gasteiger partial charge is 0.436 e. The van der Waals surface area contributed by atoms with Gasteiger partial charge in [0.2, 0.25) is 0 Å². The van der Waals surface area contributed by atoms with Gasteiger partial charge in [0.1, 0.15) is 6.61 Å². The lowest BCUT2D eigenvalue weighted by Gasteiger charge is -2.09.